The summed E-state index contributed by atoms with van der Waals surface area (Å²) in [5.74, 6) is -65.9. The van der Waals surface area contributed by atoms with Gasteiger partial charge in [-0.2, -0.15) is 114 Å². The van der Waals surface area contributed by atoms with Gasteiger partial charge >= 0.3 is 84.4 Å². The van der Waals surface area contributed by atoms with Gasteiger partial charge in [-0.3, -0.25) is 0 Å². The second-order valence-electron chi connectivity index (χ2n) is 15.9. The fraction of sp³-hybridized carbons (Fsp3) is 0.429. The maximum absolute atomic E-state index is 14.7. The van der Waals surface area contributed by atoms with Crippen molar-refractivity contribution in [1.82, 2.24) is 0 Å². The third-order valence-electron chi connectivity index (χ3n) is 10.5. The van der Waals surface area contributed by atoms with E-state index in [0.717, 1.165) is 48.5 Å². The zero-order valence-corrected chi connectivity index (χ0v) is 34.4. The van der Waals surface area contributed by atoms with E-state index in [0.29, 0.717) is 12.1 Å². The Morgan fingerprint density at radius 3 is 0.611 bits per heavy atom. The number of alkyl halides is 30. The zero-order chi connectivity index (χ0) is 55.7. The zero-order valence-electron chi connectivity index (χ0n) is 34.4. The molecule has 0 saturated heterocycles. The molecule has 4 aromatic rings. The van der Waals surface area contributed by atoms with E-state index in [2.05, 4.69) is 0 Å². The third kappa shape index (κ3) is 11.0. The van der Waals surface area contributed by atoms with E-state index in [1.54, 1.807) is 0 Å². The van der Waals surface area contributed by atoms with Gasteiger partial charge in [-0.05, 0) is 55.6 Å². The molecule has 0 saturated carbocycles. The van der Waals surface area contributed by atoms with Crippen LogP contribution in [0.25, 0.3) is 33.4 Å². The fourth-order valence-corrected chi connectivity index (χ4v) is 6.62. The highest BCUT2D eigenvalue weighted by Crippen LogP contribution is 2.53. The minimum atomic E-state index is -6.95. The summed E-state index contributed by atoms with van der Waals surface area (Å²) in [6, 6.07) is 8.31. The maximum Gasteiger partial charge on any atom is 0.459 e. The molecule has 402 valence electrons. The molecule has 4 rings (SSSR count). The highest BCUT2D eigenvalue weighted by atomic mass is 19.4. The van der Waals surface area contributed by atoms with Crippen LogP contribution in [0, 0.1) is 0 Å². The SMILES string of the molecule is FC(F)C(F)(F)C(F)(F)C(F)(F)Cc1cc(CC(F)(F)C(F)(F)C(F)(F)C(F)F)cc(-c2ccc(-c3ccc(-c4cc(CC(F)(F)C(F)(F)C(F)(F)F)cc(CC(F)(F)C(F)(F)C(F)(F)F)c4)cc3)cc2)c1. The van der Waals surface area contributed by atoms with Gasteiger partial charge in [-0.25, -0.2) is 17.6 Å². The van der Waals surface area contributed by atoms with E-state index in [1.807, 2.05) is 0 Å². The van der Waals surface area contributed by atoms with Crippen LogP contribution in [0.15, 0.2) is 84.9 Å². The van der Waals surface area contributed by atoms with Crippen LogP contribution in [-0.2, 0) is 25.7 Å². The van der Waals surface area contributed by atoms with Gasteiger partial charge in [0.25, 0.3) is 0 Å². The maximum atomic E-state index is 14.7. The van der Waals surface area contributed by atoms with Crippen molar-refractivity contribution in [1.29, 1.82) is 0 Å². The number of halogens is 30. The first-order chi connectivity index (χ1) is 32.1. The van der Waals surface area contributed by atoms with Crippen LogP contribution >= 0.6 is 0 Å². The largest absolute Gasteiger partial charge is 0.459 e. The van der Waals surface area contributed by atoms with Gasteiger partial charge in [0.2, 0.25) is 0 Å². The van der Waals surface area contributed by atoms with Crippen molar-refractivity contribution in [3.8, 4) is 33.4 Å². The quantitative estimate of drug-likeness (QED) is 0.0821. The molecular formula is C42H24F30. The molecule has 0 spiro atoms. The van der Waals surface area contributed by atoms with Gasteiger partial charge < -0.3 is 0 Å². The highest BCUT2D eigenvalue weighted by Gasteiger charge is 2.77. The van der Waals surface area contributed by atoms with Crippen LogP contribution in [0.3, 0.4) is 0 Å². The van der Waals surface area contributed by atoms with Crippen molar-refractivity contribution in [3.05, 3.63) is 107 Å². The van der Waals surface area contributed by atoms with Crippen LogP contribution in [-0.4, -0.2) is 84.4 Å². The summed E-state index contributed by atoms with van der Waals surface area (Å²) in [5, 5.41) is 0. The number of rotatable bonds is 19. The van der Waals surface area contributed by atoms with E-state index in [-0.39, 0.29) is 35.4 Å². The molecule has 0 aliphatic heterocycles. The normalized spacial score (nSPS) is 14.7. The molecule has 30 heteroatoms. The predicted molar refractivity (Wildman–Crippen MR) is 191 cm³/mol. The Balaban J connectivity index is 1.80. The standard InChI is InChI=1S/C42H24F30/c43-29(44)35(55,56)37(59,60)31(47,48)15-19-9-20(16-32(49,50)38(61,62)36(57,58)30(45)46)12-27(11-19)25-5-1-23(2-6-25)24-3-7-26(8-4-24)28-13-21(17-33(51,52)39(63,64)41(67,68)69)10-22(14-28)18-34(53,54)40(65,66)42(70,71)72/h1-14,29-30H,15-18H2. The summed E-state index contributed by atoms with van der Waals surface area (Å²) in [6.45, 7) is 0. The lowest BCUT2D eigenvalue weighted by atomic mass is 9.90. The molecule has 0 aromatic heterocycles. The topological polar surface area (TPSA) is 0 Å². The lowest BCUT2D eigenvalue weighted by Gasteiger charge is -2.33. The van der Waals surface area contributed by atoms with Crippen molar-refractivity contribution >= 4 is 0 Å². The first kappa shape index (κ1) is 59.3. The lowest BCUT2D eigenvalue weighted by Crippen LogP contribution is -2.58. The monoisotopic (exact) mass is 1100 g/mol. The Morgan fingerprint density at radius 2 is 0.431 bits per heavy atom. The minimum Gasteiger partial charge on any atom is -0.203 e. The molecule has 0 nitrogen and oxygen atoms in total. The molecule has 4 aromatic carbocycles. The third-order valence-corrected chi connectivity index (χ3v) is 10.5. The van der Waals surface area contributed by atoms with Crippen molar-refractivity contribution in [2.75, 3.05) is 0 Å². The highest BCUT2D eigenvalue weighted by molar-refractivity contribution is 5.74. The summed E-state index contributed by atoms with van der Waals surface area (Å²) in [4.78, 5) is 0. The van der Waals surface area contributed by atoms with Crippen molar-refractivity contribution < 1.29 is 132 Å². The summed E-state index contributed by atoms with van der Waals surface area (Å²) < 4.78 is 410. The molecule has 0 heterocycles. The van der Waals surface area contributed by atoms with Gasteiger partial charge in [-0.1, -0.05) is 84.9 Å². The molecule has 0 aliphatic carbocycles. The number of benzene rings is 4. The van der Waals surface area contributed by atoms with Crippen LogP contribution in [0.2, 0.25) is 0 Å². The van der Waals surface area contributed by atoms with E-state index >= 15 is 0 Å². The molecular weight excluding hydrogens is 1070 g/mol. The van der Waals surface area contributed by atoms with Crippen molar-refractivity contribution in [2.45, 2.75) is 110 Å². The first-order valence-electron chi connectivity index (χ1n) is 19.0. The van der Waals surface area contributed by atoms with Gasteiger partial charge in [0.15, 0.2) is 0 Å². The van der Waals surface area contributed by atoms with Crippen molar-refractivity contribution in [2.24, 2.45) is 0 Å². The minimum absolute atomic E-state index is 0.0625. The molecule has 0 fully saturated rings. The molecule has 0 radical (unpaired) electrons. The molecule has 0 bridgehead atoms. The van der Waals surface area contributed by atoms with Crippen LogP contribution in [0.4, 0.5) is 132 Å². The first-order valence-corrected chi connectivity index (χ1v) is 19.0. The molecule has 0 aliphatic rings. The van der Waals surface area contributed by atoms with E-state index in [9.17, 15) is 132 Å². The molecule has 72 heavy (non-hydrogen) atoms. The average Bonchev–Trinajstić information content (AvgIpc) is 3.21. The summed E-state index contributed by atoms with van der Waals surface area (Å²) in [5.41, 5.74) is -8.53. The summed E-state index contributed by atoms with van der Waals surface area (Å²) in [7, 11) is 0. The predicted octanol–water partition coefficient (Wildman–Crippen LogP) is 16.9. The second kappa shape index (κ2) is 18.9. The smallest absolute Gasteiger partial charge is 0.203 e. The molecule has 0 amide bonds. The molecule has 0 unspecified atom stereocenters. The second-order valence-corrected chi connectivity index (χ2v) is 15.9. The Morgan fingerprint density at radius 1 is 0.250 bits per heavy atom. The lowest BCUT2D eigenvalue weighted by molar-refractivity contribution is -0.354. The van der Waals surface area contributed by atoms with Crippen LogP contribution in [0.5, 0.6) is 0 Å². The number of hydrogen-bond acceptors (Lipinski definition) is 0. The van der Waals surface area contributed by atoms with E-state index in [4.69, 9.17) is 0 Å². The van der Waals surface area contributed by atoms with Gasteiger partial charge in [0.1, 0.15) is 0 Å². The average molecular weight is 1100 g/mol. The fourth-order valence-electron chi connectivity index (χ4n) is 6.62. The summed E-state index contributed by atoms with van der Waals surface area (Å²) in [6.07, 6.45) is -35.7. The molecule has 0 N–H and O–H groups in total. The number of hydrogen-bond donors (Lipinski definition) is 0. The Labute approximate surface area is 382 Å². The van der Waals surface area contributed by atoms with Crippen LogP contribution in [0.1, 0.15) is 22.3 Å². The Kier molecular flexibility index (Phi) is 15.6. The Bertz CT molecular complexity index is 2390. The van der Waals surface area contributed by atoms with E-state index < -0.39 is 155 Å². The summed E-state index contributed by atoms with van der Waals surface area (Å²) >= 11 is 0. The van der Waals surface area contributed by atoms with Gasteiger partial charge in [-0.15, -0.1) is 0 Å². The van der Waals surface area contributed by atoms with Gasteiger partial charge in [0, 0.05) is 25.7 Å². The van der Waals surface area contributed by atoms with Gasteiger partial charge in [0.05, 0.1) is 0 Å². The Hall–Kier alpha value is -5.22. The van der Waals surface area contributed by atoms with Crippen LogP contribution < -0.4 is 0 Å². The van der Waals surface area contributed by atoms with Crippen molar-refractivity contribution in [3.63, 3.8) is 0 Å². The molecule has 0 atom stereocenters. The van der Waals surface area contributed by atoms with E-state index in [1.165, 1.54) is 0 Å².